The number of sulfonamides is 1. The normalized spacial score (nSPS) is 18.0. The topological polar surface area (TPSA) is 98.8 Å². The molecule has 25 heavy (non-hydrogen) atoms. The number of carbonyl (C=O) groups is 2. The van der Waals surface area contributed by atoms with Crippen molar-refractivity contribution >= 4 is 21.8 Å². The van der Waals surface area contributed by atoms with Gasteiger partial charge in [-0.3, -0.25) is 9.59 Å². The number of ketones is 1. The van der Waals surface area contributed by atoms with Gasteiger partial charge in [0.1, 0.15) is 5.75 Å². The minimum Gasteiger partial charge on any atom is -0.494 e. The average molecular weight is 369 g/mol. The Hall–Kier alpha value is -1.93. The lowest BCUT2D eigenvalue weighted by molar-refractivity contribution is -0.156. The fraction of sp³-hybridized carbons (Fsp3) is 0.529. The van der Waals surface area contributed by atoms with E-state index in [2.05, 4.69) is 4.72 Å². The van der Waals surface area contributed by atoms with Crippen LogP contribution in [0.1, 0.15) is 39.0 Å². The molecule has 7 nitrogen and oxygen atoms in total. The Bertz CT molecular complexity index is 698. The first kappa shape index (κ1) is 19.4. The van der Waals surface area contributed by atoms with Gasteiger partial charge in [-0.05, 0) is 50.5 Å². The van der Waals surface area contributed by atoms with Crippen LogP contribution >= 0.6 is 0 Å². The summed E-state index contributed by atoms with van der Waals surface area (Å²) in [4.78, 5) is 23.5. The number of hydrogen-bond donors (Lipinski definition) is 1. The van der Waals surface area contributed by atoms with E-state index < -0.39 is 22.1 Å². The van der Waals surface area contributed by atoms with Gasteiger partial charge in [-0.2, -0.15) is 0 Å². The van der Waals surface area contributed by atoms with Crippen LogP contribution in [0.5, 0.6) is 5.75 Å². The summed E-state index contributed by atoms with van der Waals surface area (Å²) in [5.41, 5.74) is 0. The Kier molecular flexibility index (Phi) is 6.95. The molecule has 1 aliphatic carbocycles. The molecular formula is C17H23NO6S. The van der Waals surface area contributed by atoms with E-state index in [0.29, 0.717) is 25.2 Å². The molecule has 0 heterocycles. The van der Waals surface area contributed by atoms with Crippen molar-refractivity contribution < 1.29 is 27.5 Å². The van der Waals surface area contributed by atoms with Crippen LogP contribution in [0.25, 0.3) is 0 Å². The van der Waals surface area contributed by atoms with Gasteiger partial charge in [0.05, 0.1) is 17.9 Å². The Labute approximate surface area is 147 Å². The van der Waals surface area contributed by atoms with E-state index in [1.165, 1.54) is 12.1 Å². The highest BCUT2D eigenvalue weighted by molar-refractivity contribution is 7.89. The van der Waals surface area contributed by atoms with Gasteiger partial charge in [0.15, 0.2) is 11.9 Å². The fourth-order valence-corrected chi connectivity index (χ4v) is 3.58. The maximum atomic E-state index is 12.2. The lowest BCUT2D eigenvalue weighted by atomic mass is 9.96. The summed E-state index contributed by atoms with van der Waals surface area (Å²) >= 11 is 0. The molecule has 1 aliphatic rings. The first-order valence-electron chi connectivity index (χ1n) is 8.37. The zero-order valence-electron chi connectivity index (χ0n) is 14.2. The standard InChI is InChI=1S/C17H23NO6S/c1-2-23-13-7-9-14(10-8-13)25(21,22)18-12-11-17(20)24-16-6-4-3-5-15(16)19/h7-10,16,18H,2-6,11-12H2,1H3. The summed E-state index contributed by atoms with van der Waals surface area (Å²) in [5.74, 6) is -0.0496. The first-order valence-corrected chi connectivity index (χ1v) is 9.85. The molecule has 0 amide bonds. The number of benzene rings is 1. The van der Waals surface area contributed by atoms with E-state index >= 15 is 0 Å². The minimum atomic E-state index is -3.71. The number of ether oxygens (including phenoxy) is 2. The molecule has 0 saturated heterocycles. The minimum absolute atomic E-state index is 0.0606. The van der Waals surface area contributed by atoms with Crippen LogP contribution in [-0.2, 0) is 24.3 Å². The van der Waals surface area contributed by atoms with Crippen molar-refractivity contribution in [3.63, 3.8) is 0 Å². The van der Waals surface area contributed by atoms with Crippen molar-refractivity contribution in [1.82, 2.24) is 4.72 Å². The third kappa shape index (κ3) is 5.82. The van der Waals surface area contributed by atoms with Crippen molar-refractivity contribution in [2.45, 2.75) is 50.0 Å². The number of rotatable bonds is 8. The van der Waals surface area contributed by atoms with Crippen LogP contribution in [0.3, 0.4) is 0 Å². The molecule has 0 radical (unpaired) electrons. The third-order valence-corrected chi connectivity index (χ3v) is 5.32. The maximum Gasteiger partial charge on any atom is 0.307 e. The summed E-state index contributed by atoms with van der Waals surface area (Å²) in [6.45, 7) is 2.25. The van der Waals surface area contributed by atoms with Gasteiger partial charge in [0.2, 0.25) is 10.0 Å². The van der Waals surface area contributed by atoms with Gasteiger partial charge in [0.25, 0.3) is 0 Å². The van der Waals surface area contributed by atoms with Gasteiger partial charge in [-0.25, -0.2) is 13.1 Å². The molecule has 1 unspecified atom stereocenters. The second kappa shape index (κ2) is 8.96. The molecule has 0 bridgehead atoms. The predicted molar refractivity (Wildman–Crippen MR) is 90.8 cm³/mol. The molecule has 1 N–H and O–H groups in total. The van der Waals surface area contributed by atoms with Crippen LogP contribution in [0.4, 0.5) is 0 Å². The zero-order valence-corrected chi connectivity index (χ0v) is 15.0. The molecule has 2 rings (SSSR count). The molecule has 0 spiro atoms. The summed E-state index contributed by atoms with van der Waals surface area (Å²) in [5, 5.41) is 0. The van der Waals surface area contributed by atoms with E-state index in [1.807, 2.05) is 6.92 Å². The van der Waals surface area contributed by atoms with Crippen LogP contribution in [-0.4, -0.2) is 39.4 Å². The highest BCUT2D eigenvalue weighted by Gasteiger charge is 2.25. The molecule has 1 atom stereocenters. The van der Waals surface area contributed by atoms with E-state index in [-0.39, 0.29) is 23.6 Å². The summed E-state index contributed by atoms with van der Waals surface area (Å²) < 4.78 is 37.1. The Balaban J connectivity index is 1.81. The molecule has 0 aromatic heterocycles. The van der Waals surface area contributed by atoms with E-state index in [1.54, 1.807) is 12.1 Å². The molecule has 1 fully saturated rings. The average Bonchev–Trinajstić information content (AvgIpc) is 2.58. The highest BCUT2D eigenvalue weighted by Crippen LogP contribution is 2.18. The SMILES string of the molecule is CCOc1ccc(S(=O)(=O)NCCC(=O)OC2CCCCC2=O)cc1. The second-order valence-corrected chi connectivity index (χ2v) is 7.51. The van der Waals surface area contributed by atoms with Gasteiger partial charge in [-0.1, -0.05) is 0 Å². The number of nitrogens with one attached hydrogen (secondary N) is 1. The molecule has 138 valence electrons. The molecule has 8 heteroatoms. The monoisotopic (exact) mass is 369 g/mol. The van der Waals surface area contributed by atoms with Gasteiger partial charge in [-0.15, -0.1) is 0 Å². The first-order chi connectivity index (χ1) is 11.9. The fourth-order valence-electron chi connectivity index (χ4n) is 2.55. The third-order valence-electron chi connectivity index (χ3n) is 3.84. The quantitative estimate of drug-likeness (QED) is 0.702. The summed E-state index contributed by atoms with van der Waals surface area (Å²) in [7, 11) is -3.71. The molecule has 1 saturated carbocycles. The van der Waals surface area contributed by atoms with Crippen LogP contribution in [0, 0.1) is 0 Å². The Morgan fingerprint density at radius 1 is 1.24 bits per heavy atom. The molecular weight excluding hydrogens is 346 g/mol. The van der Waals surface area contributed by atoms with Gasteiger partial charge < -0.3 is 9.47 Å². The maximum absolute atomic E-state index is 12.2. The van der Waals surface area contributed by atoms with Crippen molar-refractivity contribution in [3.8, 4) is 5.75 Å². The second-order valence-electron chi connectivity index (χ2n) is 5.74. The number of Topliss-reactive ketones (excluding diaryl/α,β-unsaturated/α-hetero) is 1. The lowest BCUT2D eigenvalue weighted by Gasteiger charge is -2.20. The smallest absolute Gasteiger partial charge is 0.307 e. The van der Waals surface area contributed by atoms with E-state index in [9.17, 15) is 18.0 Å². The van der Waals surface area contributed by atoms with Crippen molar-refractivity contribution in [1.29, 1.82) is 0 Å². The van der Waals surface area contributed by atoms with Crippen molar-refractivity contribution in [2.75, 3.05) is 13.2 Å². The van der Waals surface area contributed by atoms with Crippen molar-refractivity contribution in [3.05, 3.63) is 24.3 Å². The molecule has 1 aromatic carbocycles. The van der Waals surface area contributed by atoms with Crippen LogP contribution in [0.2, 0.25) is 0 Å². The van der Waals surface area contributed by atoms with E-state index in [0.717, 1.165) is 12.8 Å². The Morgan fingerprint density at radius 3 is 2.60 bits per heavy atom. The van der Waals surface area contributed by atoms with Crippen LogP contribution in [0.15, 0.2) is 29.2 Å². The van der Waals surface area contributed by atoms with Gasteiger partial charge in [0, 0.05) is 13.0 Å². The van der Waals surface area contributed by atoms with Crippen LogP contribution < -0.4 is 9.46 Å². The lowest BCUT2D eigenvalue weighted by Crippen LogP contribution is -2.32. The number of hydrogen-bond acceptors (Lipinski definition) is 6. The van der Waals surface area contributed by atoms with Gasteiger partial charge >= 0.3 is 5.97 Å². The Morgan fingerprint density at radius 2 is 1.96 bits per heavy atom. The molecule has 0 aliphatic heterocycles. The molecule has 1 aromatic rings. The zero-order chi connectivity index (χ0) is 18.3. The van der Waals surface area contributed by atoms with E-state index in [4.69, 9.17) is 9.47 Å². The summed E-state index contributed by atoms with van der Waals surface area (Å²) in [6.07, 6.45) is 1.86. The largest absolute Gasteiger partial charge is 0.494 e. The summed E-state index contributed by atoms with van der Waals surface area (Å²) in [6, 6.07) is 6.01. The number of carbonyl (C=O) groups excluding carboxylic acids is 2. The predicted octanol–water partition coefficient (Wildman–Crippen LogP) is 1.81. The highest BCUT2D eigenvalue weighted by atomic mass is 32.2. The number of esters is 1. The van der Waals surface area contributed by atoms with Crippen molar-refractivity contribution in [2.24, 2.45) is 0 Å².